The number of anilines is 1. The van der Waals surface area contributed by atoms with Gasteiger partial charge in [-0.1, -0.05) is 48.5 Å². The van der Waals surface area contributed by atoms with Gasteiger partial charge in [-0.25, -0.2) is 0 Å². The van der Waals surface area contributed by atoms with Crippen LogP contribution in [0.4, 0.5) is 32.0 Å². The second-order valence-electron chi connectivity index (χ2n) is 12.7. The number of benzene rings is 3. The highest BCUT2D eigenvalue weighted by Gasteiger charge is 2.57. The van der Waals surface area contributed by atoms with Gasteiger partial charge in [-0.15, -0.1) is 0 Å². The third-order valence-electron chi connectivity index (χ3n) is 10.3. The number of hydrogen-bond acceptors (Lipinski definition) is 4. The van der Waals surface area contributed by atoms with E-state index in [1.54, 1.807) is 4.90 Å². The zero-order valence-corrected chi connectivity index (χ0v) is 25.0. The fourth-order valence-corrected chi connectivity index (χ4v) is 7.88. The van der Waals surface area contributed by atoms with Crippen LogP contribution in [0, 0.1) is 5.92 Å². The van der Waals surface area contributed by atoms with Crippen molar-refractivity contribution in [3.63, 3.8) is 0 Å². The number of alkyl halides is 6. The van der Waals surface area contributed by atoms with Gasteiger partial charge in [-0.3, -0.25) is 14.5 Å². The lowest BCUT2D eigenvalue weighted by atomic mass is 9.60. The van der Waals surface area contributed by atoms with Crippen LogP contribution in [0.2, 0.25) is 0 Å². The summed E-state index contributed by atoms with van der Waals surface area (Å²) in [7, 11) is 0. The van der Waals surface area contributed by atoms with E-state index in [0.29, 0.717) is 50.9 Å². The highest BCUT2D eigenvalue weighted by atomic mass is 19.4. The first-order valence-electron chi connectivity index (χ1n) is 15.4. The first kappa shape index (κ1) is 32.2. The minimum atomic E-state index is -5.11. The Morgan fingerprint density at radius 2 is 1.26 bits per heavy atom. The van der Waals surface area contributed by atoms with Crippen LogP contribution in [0.25, 0.3) is 0 Å². The smallest absolute Gasteiger partial charge is 0.377 e. The predicted octanol–water partition coefficient (Wildman–Crippen LogP) is 7.12. The molecule has 1 aliphatic heterocycles. The highest BCUT2D eigenvalue weighted by Crippen LogP contribution is 2.54. The maximum atomic E-state index is 14.2. The van der Waals surface area contributed by atoms with E-state index in [9.17, 15) is 41.0 Å². The third kappa shape index (κ3) is 5.83. The Kier molecular flexibility index (Phi) is 8.29. The van der Waals surface area contributed by atoms with E-state index < -0.39 is 51.8 Å². The molecule has 0 aromatic heterocycles. The standard InChI is InChI=1S/C35H34F6N2O3/c36-34(37,38)25-19-24(20-26(21-25)35(39,40)41)33(46)16-13-29(31(33)45)32(23-7-3-1-4-8-23)14-11-27(12-15-32)42-17-18-43(30(44)22-42)28-9-5-2-6-10-28/h1-10,19-21,27,29,46H,11-18,22H2. The van der Waals surface area contributed by atoms with Crippen molar-refractivity contribution in [3.8, 4) is 0 Å². The maximum absolute atomic E-state index is 14.2. The van der Waals surface area contributed by atoms with Crippen molar-refractivity contribution < 1.29 is 41.0 Å². The normalized spacial score (nSPS) is 28.1. The summed E-state index contributed by atoms with van der Waals surface area (Å²) in [5, 5.41) is 11.6. The van der Waals surface area contributed by atoms with Gasteiger partial charge < -0.3 is 10.0 Å². The van der Waals surface area contributed by atoms with Gasteiger partial charge in [0.05, 0.1) is 17.7 Å². The molecule has 244 valence electrons. The molecule has 1 heterocycles. The largest absolute Gasteiger partial charge is 0.416 e. The van der Waals surface area contributed by atoms with Gasteiger partial charge in [0, 0.05) is 36.2 Å². The van der Waals surface area contributed by atoms with Crippen molar-refractivity contribution in [1.29, 1.82) is 0 Å². The SMILES string of the molecule is O=C1CN(C2CCC(c3ccccc3)(C3CCC(O)(c4cc(C(F)(F)F)cc(C(F)(F)F)c4)C3=O)CC2)CCN1c1ccccc1. The van der Waals surface area contributed by atoms with Crippen molar-refractivity contribution in [2.24, 2.45) is 5.92 Å². The number of halogens is 6. The summed E-state index contributed by atoms with van der Waals surface area (Å²) in [6.07, 6.45) is -8.09. The summed E-state index contributed by atoms with van der Waals surface area (Å²) in [5.74, 6) is -1.58. The van der Waals surface area contributed by atoms with Gasteiger partial charge >= 0.3 is 12.4 Å². The summed E-state index contributed by atoms with van der Waals surface area (Å²) in [5.41, 5.74) is -5.40. The predicted molar refractivity (Wildman–Crippen MR) is 159 cm³/mol. The Labute approximate surface area is 262 Å². The number of carbonyl (C=O) groups excluding carboxylic acids is 2. The van der Waals surface area contributed by atoms with E-state index >= 15 is 0 Å². The number of piperazine rings is 1. The molecule has 3 aromatic rings. The van der Waals surface area contributed by atoms with E-state index in [4.69, 9.17) is 0 Å². The van der Waals surface area contributed by atoms with E-state index in [0.717, 1.165) is 11.3 Å². The van der Waals surface area contributed by atoms with Crippen LogP contribution < -0.4 is 4.90 Å². The number of Topliss-reactive ketones (excluding diaryl/α,β-unsaturated/α-hetero) is 1. The number of rotatable bonds is 5. The van der Waals surface area contributed by atoms with Gasteiger partial charge in [0.2, 0.25) is 5.91 Å². The van der Waals surface area contributed by atoms with Crippen LogP contribution in [-0.2, 0) is 33.0 Å². The van der Waals surface area contributed by atoms with Gasteiger partial charge in [-0.05, 0) is 80.0 Å². The second kappa shape index (κ2) is 11.8. The van der Waals surface area contributed by atoms with E-state index in [1.807, 2.05) is 60.7 Å². The Balaban J connectivity index is 1.26. The molecule has 2 atom stereocenters. The van der Waals surface area contributed by atoms with Gasteiger partial charge in [0.1, 0.15) is 5.60 Å². The van der Waals surface area contributed by atoms with E-state index in [2.05, 4.69) is 4.90 Å². The molecule has 3 fully saturated rings. The van der Waals surface area contributed by atoms with Crippen molar-refractivity contribution in [3.05, 3.63) is 101 Å². The molecule has 6 rings (SSSR count). The monoisotopic (exact) mass is 644 g/mol. The van der Waals surface area contributed by atoms with Gasteiger partial charge in [0.25, 0.3) is 0 Å². The minimum absolute atomic E-state index is 0.000910. The summed E-state index contributed by atoms with van der Waals surface area (Å²) < 4.78 is 81.9. The molecule has 1 amide bonds. The zero-order valence-electron chi connectivity index (χ0n) is 25.0. The average molecular weight is 645 g/mol. The fraction of sp³-hybridized carbons (Fsp3) is 0.429. The molecule has 3 aromatic carbocycles. The average Bonchev–Trinajstić information content (AvgIpc) is 3.36. The van der Waals surface area contributed by atoms with Crippen molar-refractivity contribution >= 4 is 17.4 Å². The number of aliphatic hydroxyl groups is 1. The number of para-hydroxylation sites is 1. The molecule has 5 nitrogen and oxygen atoms in total. The molecule has 2 unspecified atom stereocenters. The van der Waals surface area contributed by atoms with E-state index in [1.165, 1.54) is 0 Å². The van der Waals surface area contributed by atoms with Crippen LogP contribution in [0.15, 0.2) is 78.9 Å². The first-order chi connectivity index (χ1) is 21.7. The molecule has 11 heteroatoms. The number of carbonyl (C=O) groups is 2. The Hall–Kier alpha value is -3.70. The summed E-state index contributed by atoms with van der Waals surface area (Å²) in [6.45, 7) is 1.45. The number of amides is 1. The molecule has 2 saturated carbocycles. The molecule has 3 aliphatic rings. The van der Waals surface area contributed by atoms with Crippen LogP contribution >= 0.6 is 0 Å². The topological polar surface area (TPSA) is 60.9 Å². The van der Waals surface area contributed by atoms with Gasteiger partial charge in [0.15, 0.2) is 5.78 Å². The van der Waals surface area contributed by atoms with Crippen LogP contribution in [0.3, 0.4) is 0 Å². The number of nitrogens with zero attached hydrogens (tertiary/aromatic N) is 2. The Bertz CT molecular complexity index is 1550. The third-order valence-corrected chi connectivity index (χ3v) is 10.3. The Morgan fingerprint density at radius 1 is 0.696 bits per heavy atom. The van der Waals surface area contributed by atoms with Crippen molar-refractivity contribution in [2.75, 3.05) is 24.5 Å². The first-order valence-corrected chi connectivity index (χ1v) is 15.4. The van der Waals surface area contributed by atoms with Crippen LogP contribution in [0.5, 0.6) is 0 Å². The van der Waals surface area contributed by atoms with Crippen molar-refractivity contribution in [1.82, 2.24) is 4.90 Å². The molecular weight excluding hydrogens is 610 g/mol. The summed E-state index contributed by atoms with van der Waals surface area (Å²) in [6, 6.07) is 19.7. The number of ketones is 1. The summed E-state index contributed by atoms with van der Waals surface area (Å²) in [4.78, 5) is 31.2. The maximum Gasteiger partial charge on any atom is 0.416 e. The zero-order chi connectivity index (χ0) is 32.9. The lowest BCUT2D eigenvalue weighted by Crippen LogP contribution is -2.55. The minimum Gasteiger partial charge on any atom is -0.377 e. The molecule has 0 spiro atoms. The van der Waals surface area contributed by atoms with Crippen molar-refractivity contribution in [2.45, 2.75) is 67.9 Å². The molecule has 0 radical (unpaired) electrons. The Morgan fingerprint density at radius 3 is 1.80 bits per heavy atom. The quantitative estimate of drug-likeness (QED) is 0.301. The molecule has 0 bridgehead atoms. The summed E-state index contributed by atoms with van der Waals surface area (Å²) >= 11 is 0. The van der Waals surface area contributed by atoms with Gasteiger partial charge in [-0.2, -0.15) is 26.3 Å². The highest BCUT2D eigenvalue weighted by molar-refractivity contribution is 5.95. The van der Waals surface area contributed by atoms with Crippen LogP contribution in [0.1, 0.15) is 60.8 Å². The number of hydrogen-bond donors (Lipinski definition) is 1. The lowest BCUT2D eigenvalue weighted by molar-refractivity contribution is -0.145. The lowest BCUT2D eigenvalue weighted by Gasteiger charge is -2.48. The molecule has 1 N–H and O–H groups in total. The second-order valence-corrected chi connectivity index (χ2v) is 12.7. The molecule has 2 aliphatic carbocycles. The van der Waals surface area contributed by atoms with E-state index in [-0.39, 0.29) is 37.4 Å². The molecular formula is C35H34F6N2O3. The molecule has 1 saturated heterocycles. The van der Waals surface area contributed by atoms with Crippen LogP contribution in [-0.4, -0.2) is 47.4 Å². The fourth-order valence-electron chi connectivity index (χ4n) is 7.88. The molecule has 46 heavy (non-hydrogen) atoms.